The van der Waals surface area contributed by atoms with E-state index in [2.05, 4.69) is 10.5 Å². The van der Waals surface area contributed by atoms with Crippen molar-refractivity contribution in [3.05, 3.63) is 11.8 Å². The first-order chi connectivity index (χ1) is 11.1. The van der Waals surface area contributed by atoms with Crippen LogP contribution in [-0.4, -0.2) is 34.5 Å². The van der Waals surface area contributed by atoms with Crippen LogP contribution in [0.4, 0.5) is 5.82 Å². The van der Waals surface area contributed by atoms with E-state index in [4.69, 9.17) is 4.52 Å². The van der Waals surface area contributed by atoms with Gasteiger partial charge in [0.25, 0.3) is 0 Å². The highest BCUT2D eigenvalue weighted by atomic mass is 16.5. The highest BCUT2D eigenvalue weighted by Crippen LogP contribution is 2.33. The second-order valence-electron chi connectivity index (χ2n) is 6.83. The molecule has 2 heterocycles. The lowest BCUT2D eigenvalue weighted by molar-refractivity contribution is -0.141. The molecule has 1 aromatic rings. The maximum Gasteiger partial charge on any atom is 0.248 e. The number of rotatable bonds is 4. The molecule has 1 aliphatic heterocycles. The monoisotopic (exact) mass is 319 g/mol. The Morgan fingerprint density at radius 3 is 2.70 bits per heavy atom. The Hall–Kier alpha value is -1.85. The van der Waals surface area contributed by atoms with Crippen molar-refractivity contribution in [2.75, 3.05) is 11.9 Å². The summed E-state index contributed by atoms with van der Waals surface area (Å²) in [5, 5.41) is 6.55. The average molecular weight is 319 g/mol. The van der Waals surface area contributed by atoms with Gasteiger partial charge in [-0.2, -0.15) is 0 Å². The highest BCUT2D eigenvalue weighted by Gasteiger charge is 2.38. The van der Waals surface area contributed by atoms with Gasteiger partial charge < -0.3 is 14.7 Å². The molecule has 6 nitrogen and oxygen atoms in total. The van der Waals surface area contributed by atoms with E-state index in [-0.39, 0.29) is 23.8 Å². The molecular weight excluding hydrogens is 294 g/mol. The molecule has 1 saturated carbocycles. The molecule has 2 amide bonds. The molecular formula is C17H25N3O3. The van der Waals surface area contributed by atoms with Gasteiger partial charge in [0.05, 0.1) is 0 Å². The molecule has 1 aliphatic carbocycles. The maximum atomic E-state index is 12.8. The molecule has 2 aliphatic rings. The summed E-state index contributed by atoms with van der Waals surface area (Å²) in [6, 6.07) is 1.29. The SMILES string of the molecule is Cc1cc(NC(=O)[C@@H]2CCCN2C(=O)C(C)C2CCCC2)no1. The number of carbonyl (C=O) groups is 2. The number of hydrogen-bond acceptors (Lipinski definition) is 4. The quantitative estimate of drug-likeness (QED) is 0.926. The van der Waals surface area contributed by atoms with Gasteiger partial charge >= 0.3 is 0 Å². The van der Waals surface area contributed by atoms with Crippen molar-refractivity contribution in [3.63, 3.8) is 0 Å². The van der Waals surface area contributed by atoms with Crippen LogP contribution in [0, 0.1) is 18.8 Å². The minimum absolute atomic E-state index is 0.0141. The largest absolute Gasteiger partial charge is 0.360 e. The van der Waals surface area contributed by atoms with Gasteiger partial charge in [0.1, 0.15) is 11.8 Å². The molecule has 1 aromatic heterocycles. The summed E-state index contributed by atoms with van der Waals surface area (Å²) in [7, 11) is 0. The number of amides is 2. The second-order valence-corrected chi connectivity index (χ2v) is 6.83. The summed E-state index contributed by atoms with van der Waals surface area (Å²) in [6.07, 6.45) is 6.30. The van der Waals surface area contributed by atoms with Gasteiger partial charge in [-0.25, -0.2) is 0 Å². The van der Waals surface area contributed by atoms with E-state index in [0.717, 1.165) is 19.3 Å². The van der Waals surface area contributed by atoms with Gasteiger partial charge in [0.2, 0.25) is 11.8 Å². The molecule has 3 rings (SSSR count). The number of anilines is 1. The third kappa shape index (κ3) is 3.41. The number of aryl methyl sites for hydroxylation is 1. The zero-order chi connectivity index (χ0) is 16.4. The molecule has 0 radical (unpaired) electrons. The Balaban J connectivity index is 1.64. The van der Waals surface area contributed by atoms with Crippen molar-refractivity contribution >= 4 is 17.6 Å². The fourth-order valence-corrected chi connectivity index (χ4v) is 3.86. The van der Waals surface area contributed by atoms with Crippen LogP contribution in [0.3, 0.4) is 0 Å². The summed E-state index contributed by atoms with van der Waals surface area (Å²) in [5.74, 6) is 1.52. The first kappa shape index (κ1) is 16.0. The van der Waals surface area contributed by atoms with Crippen LogP contribution in [-0.2, 0) is 9.59 Å². The lowest BCUT2D eigenvalue weighted by Crippen LogP contribution is -2.46. The van der Waals surface area contributed by atoms with Crippen molar-refractivity contribution < 1.29 is 14.1 Å². The standard InChI is InChI=1S/C17H25N3O3/c1-11-10-15(19-23-11)18-16(21)14-8-5-9-20(14)17(22)12(2)13-6-3-4-7-13/h10,12-14H,3-9H2,1-2H3,(H,18,19,21)/t12?,14-/m0/s1. The number of nitrogens with zero attached hydrogens (tertiary/aromatic N) is 2. The first-order valence-corrected chi connectivity index (χ1v) is 8.61. The van der Waals surface area contributed by atoms with Crippen LogP contribution < -0.4 is 5.32 Å². The molecule has 126 valence electrons. The van der Waals surface area contributed by atoms with Gasteiger partial charge in [0, 0.05) is 18.5 Å². The molecule has 1 saturated heterocycles. The third-order valence-electron chi connectivity index (χ3n) is 5.21. The Labute approximate surface area is 136 Å². The van der Waals surface area contributed by atoms with Gasteiger partial charge in [-0.05, 0) is 38.5 Å². The molecule has 0 bridgehead atoms. The van der Waals surface area contributed by atoms with Crippen molar-refractivity contribution in [2.24, 2.45) is 11.8 Å². The van der Waals surface area contributed by atoms with E-state index in [9.17, 15) is 9.59 Å². The lowest BCUT2D eigenvalue weighted by atomic mass is 9.91. The second kappa shape index (κ2) is 6.72. The molecule has 0 spiro atoms. The number of nitrogens with one attached hydrogen (secondary N) is 1. The highest BCUT2D eigenvalue weighted by molar-refractivity contribution is 5.97. The minimum atomic E-state index is -0.386. The molecule has 1 unspecified atom stereocenters. The predicted molar refractivity (Wildman–Crippen MR) is 85.7 cm³/mol. The number of aromatic nitrogens is 1. The van der Waals surface area contributed by atoms with Crippen LogP contribution in [0.5, 0.6) is 0 Å². The van der Waals surface area contributed by atoms with Crippen LogP contribution in [0.1, 0.15) is 51.2 Å². The van der Waals surface area contributed by atoms with E-state index in [1.807, 2.05) is 6.92 Å². The zero-order valence-corrected chi connectivity index (χ0v) is 13.9. The summed E-state index contributed by atoms with van der Waals surface area (Å²) in [6.45, 7) is 4.47. The molecule has 6 heteroatoms. The first-order valence-electron chi connectivity index (χ1n) is 8.61. The van der Waals surface area contributed by atoms with Crippen molar-refractivity contribution in [3.8, 4) is 0 Å². The molecule has 23 heavy (non-hydrogen) atoms. The van der Waals surface area contributed by atoms with Gasteiger partial charge in [0.15, 0.2) is 5.82 Å². The van der Waals surface area contributed by atoms with Crippen LogP contribution in [0.15, 0.2) is 10.6 Å². The van der Waals surface area contributed by atoms with E-state index in [1.165, 1.54) is 12.8 Å². The number of likely N-dealkylation sites (tertiary alicyclic amines) is 1. The molecule has 2 fully saturated rings. The smallest absolute Gasteiger partial charge is 0.248 e. The van der Waals surface area contributed by atoms with Crippen molar-refractivity contribution in [2.45, 2.75) is 58.4 Å². The maximum absolute atomic E-state index is 12.8. The van der Waals surface area contributed by atoms with Crippen LogP contribution >= 0.6 is 0 Å². The molecule has 1 N–H and O–H groups in total. The van der Waals surface area contributed by atoms with Crippen molar-refractivity contribution in [1.82, 2.24) is 10.1 Å². The molecule has 0 aromatic carbocycles. The lowest BCUT2D eigenvalue weighted by Gasteiger charge is -2.29. The Morgan fingerprint density at radius 1 is 1.30 bits per heavy atom. The zero-order valence-electron chi connectivity index (χ0n) is 13.9. The summed E-state index contributed by atoms with van der Waals surface area (Å²) < 4.78 is 4.96. The van der Waals surface area contributed by atoms with Crippen molar-refractivity contribution in [1.29, 1.82) is 0 Å². The Morgan fingerprint density at radius 2 is 2.04 bits per heavy atom. The van der Waals surface area contributed by atoms with Crippen LogP contribution in [0.2, 0.25) is 0 Å². The fraction of sp³-hybridized carbons (Fsp3) is 0.706. The Bertz CT molecular complexity index is 577. The normalized spacial score (nSPS) is 23.2. The molecule has 2 atom stereocenters. The average Bonchev–Trinajstić information content (AvgIpc) is 3.27. The van der Waals surface area contributed by atoms with Gasteiger partial charge in [-0.15, -0.1) is 0 Å². The topological polar surface area (TPSA) is 75.4 Å². The van der Waals surface area contributed by atoms with Gasteiger partial charge in [-0.1, -0.05) is 24.9 Å². The van der Waals surface area contributed by atoms with Gasteiger partial charge in [-0.3, -0.25) is 9.59 Å². The van der Waals surface area contributed by atoms with E-state index in [0.29, 0.717) is 30.5 Å². The number of carbonyl (C=O) groups excluding carboxylic acids is 2. The van der Waals surface area contributed by atoms with Crippen LogP contribution in [0.25, 0.3) is 0 Å². The Kier molecular flexibility index (Phi) is 4.68. The predicted octanol–water partition coefficient (Wildman–Crippen LogP) is 2.74. The number of hydrogen-bond donors (Lipinski definition) is 1. The third-order valence-corrected chi connectivity index (χ3v) is 5.21. The summed E-state index contributed by atoms with van der Waals surface area (Å²) in [5.41, 5.74) is 0. The van der Waals surface area contributed by atoms with E-state index >= 15 is 0 Å². The van der Waals surface area contributed by atoms with E-state index < -0.39 is 0 Å². The fourth-order valence-electron chi connectivity index (χ4n) is 3.86. The minimum Gasteiger partial charge on any atom is -0.360 e. The summed E-state index contributed by atoms with van der Waals surface area (Å²) in [4.78, 5) is 27.1. The summed E-state index contributed by atoms with van der Waals surface area (Å²) >= 11 is 0. The van der Waals surface area contributed by atoms with E-state index in [1.54, 1.807) is 17.9 Å².